The molecule has 1 aromatic carbocycles. The highest BCUT2D eigenvalue weighted by Gasteiger charge is 2.41. The van der Waals surface area contributed by atoms with Crippen LogP contribution >= 0.6 is 0 Å². The van der Waals surface area contributed by atoms with Gasteiger partial charge < -0.3 is 10.6 Å². The molecule has 0 radical (unpaired) electrons. The van der Waals surface area contributed by atoms with Gasteiger partial charge in [-0.25, -0.2) is 0 Å². The van der Waals surface area contributed by atoms with Crippen LogP contribution in [0.15, 0.2) is 24.3 Å². The largest absolute Gasteiger partial charge is 0.399 e. The average Bonchev–Trinajstić information content (AvgIpc) is 3.08. The Kier molecular flexibility index (Phi) is 3.90. The van der Waals surface area contributed by atoms with Crippen molar-refractivity contribution in [3.05, 3.63) is 29.8 Å². The average molecular weight is 246 g/mol. The third kappa shape index (κ3) is 3.03. The fraction of sp³-hybridized carbons (Fsp3) is 0.533. The number of carbonyl (C=O) groups excluding carboxylic acids is 1. The Morgan fingerprint density at radius 3 is 2.50 bits per heavy atom. The van der Waals surface area contributed by atoms with Crippen molar-refractivity contribution in [2.24, 2.45) is 11.8 Å². The minimum Gasteiger partial charge on any atom is -0.399 e. The molecule has 1 aromatic rings. The van der Waals surface area contributed by atoms with E-state index in [-0.39, 0.29) is 5.92 Å². The highest BCUT2D eigenvalue weighted by atomic mass is 16.2. The van der Waals surface area contributed by atoms with Gasteiger partial charge in [0, 0.05) is 24.7 Å². The molecule has 98 valence electrons. The number of nitrogens with two attached hydrogens (primary N) is 1. The Labute approximate surface area is 109 Å². The maximum absolute atomic E-state index is 12.3. The van der Waals surface area contributed by atoms with Crippen LogP contribution in [0.3, 0.4) is 0 Å². The van der Waals surface area contributed by atoms with E-state index in [0.717, 1.165) is 30.6 Å². The molecule has 1 amide bonds. The molecule has 0 aromatic heterocycles. The second-order valence-corrected chi connectivity index (χ2v) is 5.32. The first-order chi connectivity index (χ1) is 8.61. The predicted octanol–water partition coefficient (Wildman–Crippen LogP) is 2.66. The summed E-state index contributed by atoms with van der Waals surface area (Å²) >= 11 is 0. The van der Waals surface area contributed by atoms with Crippen molar-refractivity contribution in [2.45, 2.75) is 33.2 Å². The number of anilines is 1. The lowest BCUT2D eigenvalue weighted by molar-refractivity contribution is -0.133. The lowest BCUT2D eigenvalue weighted by Crippen LogP contribution is -2.32. The molecule has 1 saturated carbocycles. The van der Waals surface area contributed by atoms with E-state index in [0.29, 0.717) is 18.4 Å². The summed E-state index contributed by atoms with van der Waals surface area (Å²) in [4.78, 5) is 14.3. The van der Waals surface area contributed by atoms with Crippen LogP contribution in [0.4, 0.5) is 5.69 Å². The number of rotatable bonds is 5. The van der Waals surface area contributed by atoms with E-state index in [4.69, 9.17) is 5.73 Å². The molecule has 0 heterocycles. The maximum Gasteiger partial charge on any atom is 0.226 e. The number of carbonyl (C=O) groups is 1. The minimum absolute atomic E-state index is 0.269. The van der Waals surface area contributed by atoms with Crippen LogP contribution in [0.2, 0.25) is 0 Å². The van der Waals surface area contributed by atoms with Crippen LogP contribution in [0.1, 0.15) is 32.3 Å². The number of hydrogen-bond donors (Lipinski definition) is 1. The second kappa shape index (κ2) is 5.42. The first-order valence-electron chi connectivity index (χ1n) is 6.75. The monoisotopic (exact) mass is 246 g/mol. The molecule has 3 heteroatoms. The summed E-state index contributed by atoms with van der Waals surface area (Å²) in [6.45, 7) is 5.80. The Morgan fingerprint density at radius 2 is 2.00 bits per heavy atom. The van der Waals surface area contributed by atoms with Crippen LogP contribution in [0.5, 0.6) is 0 Å². The van der Waals surface area contributed by atoms with Gasteiger partial charge in [0.05, 0.1) is 0 Å². The lowest BCUT2D eigenvalue weighted by atomic mass is 10.1. The minimum atomic E-state index is 0.269. The molecule has 0 aliphatic heterocycles. The van der Waals surface area contributed by atoms with E-state index >= 15 is 0 Å². The van der Waals surface area contributed by atoms with Crippen LogP contribution in [0, 0.1) is 11.8 Å². The molecular formula is C15H22N2O. The summed E-state index contributed by atoms with van der Waals surface area (Å²) in [6.07, 6.45) is 2.06. The van der Waals surface area contributed by atoms with Crippen LogP contribution in [0.25, 0.3) is 0 Å². The zero-order chi connectivity index (χ0) is 13.1. The van der Waals surface area contributed by atoms with Crippen LogP contribution in [-0.4, -0.2) is 17.4 Å². The van der Waals surface area contributed by atoms with Crippen molar-refractivity contribution < 1.29 is 4.79 Å². The van der Waals surface area contributed by atoms with E-state index in [1.165, 1.54) is 0 Å². The van der Waals surface area contributed by atoms with Gasteiger partial charge in [0.2, 0.25) is 5.91 Å². The first-order valence-corrected chi connectivity index (χ1v) is 6.75. The third-order valence-electron chi connectivity index (χ3n) is 3.59. The molecule has 2 atom stereocenters. The van der Waals surface area contributed by atoms with Gasteiger partial charge in [0.15, 0.2) is 0 Å². The van der Waals surface area contributed by atoms with Crippen LogP contribution in [-0.2, 0) is 11.3 Å². The standard InChI is InChI=1S/C15H22N2O/c1-3-8-17(15(18)14-9-11(14)2)10-12-4-6-13(16)7-5-12/h4-7,11,14H,3,8-10,16H2,1-2H3. The van der Waals surface area contributed by atoms with Gasteiger partial charge in [-0.1, -0.05) is 26.0 Å². The molecule has 2 rings (SSSR count). The number of hydrogen-bond acceptors (Lipinski definition) is 2. The Bertz CT molecular complexity index is 413. The van der Waals surface area contributed by atoms with Crippen molar-refractivity contribution >= 4 is 11.6 Å². The SMILES string of the molecule is CCCN(Cc1ccc(N)cc1)C(=O)C1CC1C. The van der Waals surface area contributed by atoms with Gasteiger partial charge in [-0.05, 0) is 36.5 Å². The molecule has 3 nitrogen and oxygen atoms in total. The normalized spacial score (nSPS) is 21.7. The van der Waals surface area contributed by atoms with Gasteiger partial charge in [-0.3, -0.25) is 4.79 Å². The Hall–Kier alpha value is -1.51. The summed E-state index contributed by atoms with van der Waals surface area (Å²) in [5, 5.41) is 0. The molecule has 0 saturated heterocycles. The van der Waals surface area contributed by atoms with Crippen molar-refractivity contribution in [2.75, 3.05) is 12.3 Å². The molecular weight excluding hydrogens is 224 g/mol. The van der Waals surface area contributed by atoms with E-state index in [9.17, 15) is 4.79 Å². The van der Waals surface area contributed by atoms with E-state index in [1.54, 1.807) is 0 Å². The van der Waals surface area contributed by atoms with E-state index in [2.05, 4.69) is 13.8 Å². The van der Waals surface area contributed by atoms with Gasteiger partial charge >= 0.3 is 0 Å². The van der Waals surface area contributed by atoms with Gasteiger partial charge in [-0.15, -0.1) is 0 Å². The third-order valence-corrected chi connectivity index (χ3v) is 3.59. The molecule has 18 heavy (non-hydrogen) atoms. The number of nitrogen functional groups attached to an aromatic ring is 1. The highest BCUT2D eigenvalue weighted by molar-refractivity contribution is 5.81. The quantitative estimate of drug-likeness (QED) is 0.812. The molecule has 1 fully saturated rings. The molecule has 2 N–H and O–H groups in total. The van der Waals surface area contributed by atoms with Crippen molar-refractivity contribution in [3.8, 4) is 0 Å². The lowest BCUT2D eigenvalue weighted by Gasteiger charge is -2.22. The fourth-order valence-electron chi connectivity index (χ4n) is 2.28. The second-order valence-electron chi connectivity index (χ2n) is 5.32. The van der Waals surface area contributed by atoms with Gasteiger partial charge in [0.1, 0.15) is 0 Å². The zero-order valence-electron chi connectivity index (χ0n) is 11.2. The zero-order valence-corrected chi connectivity index (χ0v) is 11.2. The first kappa shape index (κ1) is 12.9. The fourth-order valence-corrected chi connectivity index (χ4v) is 2.28. The summed E-state index contributed by atoms with van der Waals surface area (Å²) in [6, 6.07) is 7.79. The molecule has 2 unspecified atom stereocenters. The maximum atomic E-state index is 12.3. The van der Waals surface area contributed by atoms with Gasteiger partial charge in [0.25, 0.3) is 0 Å². The number of amides is 1. The summed E-state index contributed by atoms with van der Waals surface area (Å²) in [5.74, 6) is 1.16. The number of nitrogens with zero attached hydrogens (tertiary/aromatic N) is 1. The Morgan fingerprint density at radius 1 is 1.39 bits per heavy atom. The summed E-state index contributed by atoms with van der Waals surface area (Å²) in [7, 11) is 0. The summed E-state index contributed by atoms with van der Waals surface area (Å²) in [5.41, 5.74) is 7.59. The smallest absolute Gasteiger partial charge is 0.226 e. The summed E-state index contributed by atoms with van der Waals surface area (Å²) < 4.78 is 0. The topological polar surface area (TPSA) is 46.3 Å². The van der Waals surface area contributed by atoms with Crippen LogP contribution < -0.4 is 5.73 Å². The molecule has 1 aliphatic carbocycles. The highest BCUT2D eigenvalue weighted by Crippen LogP contribution is 2.39. The molecule has 0 spiro atoms. The van der Waals surface area contributed by atoms with Crippen molar-refractivity contribution in [3.63, 3.8) is 0 Å². The van der Waals surface area contributed by atoms with E-state index in [1.807, 2.05) is 29.2 Å². The van der Waals surface area contributed by atoms with Gasteiger partial charge in [-0.2, -0.15) is 0 Å². The predicted molar refractivity (Wildman–Crippen MR) is 73.8 cm³/mol. The van der Waals surface area contributed by atoms with Crippen molar-refractivity contribution in [1.29, 1.82) is 0 Å². The number of benzene rings is 1. The van der Waals surface area contributed by atoms with E-state index < -0.39 is 0 Å². The molecule has 1 aliphatic rings. The van der Waals surface area contributed by atoms with Crippen molar-refractivity contribution in [1.82, 2.24) is 4.90 Å². The molecule has 0 bridgehead atoms. The Balaban J connectivity index is 2.01.